The van der Waals surface area contributed by atoms with Crippen LogP contribution in [-0.2, 0) is 0 Å². The molecule has 0 aliphatic rings. The predicted molar refractivity (Wildman–Crippen MR) is 81.5 cm³/mol. The third-order valence-electron chi connectivity index (χ3n) is 3.00. The number of nitrogens with zero attached hydrogens (tertiary/aromatic N) is 1. The zero-order valence-electron chi connectivity index (χ0n) is 12.4. The van der Waals surface area contributed by atoms with Crippen molar-refractivity contribution in [3.63, 3.8) is 0 Å². The number of anilines is 1. The Morgan fingerprint density at radius 3 is 2.65 bits per heavy atom. The van der Waals surface area contributed by atoms with Gasteiger partial charge < -0.3 is 10.1 Å². The van der Waals surface area contributed by atoms with Crippen molar-refractivity contribution in [3.8, 4) is 5.75 Å². The molecule has 1 aromatic rings. The number of benzene rings is 1. The molecule has 1 rings (SSSR count). The van der Waals surface area contributed by atoms with E-state index in [2.05, 4.69) is 12.2 Å². The average molecular weight is 280 g/mol. The smallest absolute Gasteiger partial charge is 0.333 e. The van der Waals surface area contributed by atoms with Crippen LogP contribution in [0.15, 0.2) is 18.2 Å². The molecule has 0 unspecified atom stereocenters. The fourth-order valence-corrected chi connectivity index (χ4v) is 1.94. The Hall–Kier alpha value is -1.78. The molecule has 112 valence electrons. The van der Waals surface area contributed by atoms with E-state index in [-0.39, 0.29) is 10.6 Å². The van der Waals surface area contributed by atoms with Crippen LogP contribution in [0.2, 0.25) is 0 Å². The van der Waals surface area contributed by atoms with Crippen LogP contribution in [-0.4, -0.2) is 18.1 Å². The summed E-state index contributed by atoms with van der Waals surface area (Å²) in [5.74, 6) is 0.354. The molecule has 0 aromatic heterocycles. The Balaban J connectivity index is 2.71. The van der Waals surface area contributed by atoms with Crippen molar-refractivity contribution in [1.82, 2.24) is 0 Å². The molecule has 0 spiro atoms. The van der Waals surface area contributed by atoms with Crippen molar-refractivity contribution in [2.45, 2.75) is 46.0 Å². The van der Waals surface area contributed by atoms with Crippen LogP contribution in [0, 0.1) is 10.1 Å². The van der Waals surface area contributed by atoms with Gasteiger partial charge in [-0.05, 0) is 25.0 Å². The summed E-state index contributed by atoms with van der Waals surface area (Å²) in [6.45, 7) is 5.40. The number of nitro benzene ring substituents is 1. The van der Waals surface area contributed by atoms with Gasteiger partial charge in [-0.3, -0.25) is 10.1 Å². The number of hydrogen-bond donors (Lipinski definition) is 1. The maximum Gasteiger partial charge on any atom is 0.333 e. The number of nitrogens with one attached hydrogen (secondary N) is 1. The quantitative estimate of drug-likeness (QED) is 0.392. The minimum Gasteiger partial charge on any atom is -0.487 e. The van der Waals surface area contributed by atoms with Gasteiger partial charge in [-0.2, -0.15) is 0 Å². The Bertz CT molecular complexity index is 422. The topological polar surface area (TPSA) is 64.4 Å². The van der Waals surface area contributed by atoms with Gasteiger partial charge in [0.05, 0.1) is 11.5 Å². The number of rotatable bonds is 10. The van der Waals surface area contributed by atoms with Crippen molar-refractivity contribution >= 4 is 11.4 Å². The van der Waals surface area contributed by atoms with Crippen molar-refractivity contribution in [3.05, 3.63) is 28.3 Å². The first-order valence-corrected chi connectivity index (χ1v) is 7.34. The fourth-order valence-electron chi connectivity index (χ4n) is 1.94. The minimum atomic E-state index is -0.376. The van der Waals surface area contributed by atoms with Crippen LogP contribution in [0.3, 0.4) is 0 Å². The molecule has 5 heteroatoms. The Morgan fingerprint density at radius 2 is 2.00 bits per heavy atom. The Labute approximate surface area is 120 Å². The van der Waals surface area contributed by atoms with E-state index < -0.39 is 0 Å². The van der Waals surface area contributed by atoms with Crippen LogP contribution in [0.25, 0.3) is 0 Å². The molecule has 0 saturated carbocycles. The highest BCUT2D eigenvalue weighted by Gasteiger charge is 2.20. The van der Waals surface area contributed by atoms with E-state index in [1.165, 1.54) is 6.42 Å². The van der Waals surface area contributed by atoms with Gasteiger partial charge in [0, 0.05) is 6.54 Å². The summed E-state index contributed by atoms with van der Waals surface area (Å²) in [6.07, 6.45) is 5.27. The van der Waals surface area contributed by atoms with Gasteiger partial charge in [-0.25, -0.2) is 0 Å². The molecule has 0 atom stereocenters. The molecule has 5 nitrogen and oxygen atoms in total. The second-order valence-corrected chi connectivity index (χ2v) is 4.75. The molecular weight excluding hydrogens is 256 g/mol. The van der Waals surface area contributed by atoms with E-state index in [9.17, 15) is 10.1 Å². The van der Waals surface area contributed by atoms with Crippen LogP contribution >= 0.6 is 0 Å². The normalized spacial score (nSPS) is 10.3. The number of ether oxygens (including phenoxy) is 1. The molecule has 1 aromatic carbocycles. The van der Waals surface area contributed by atoms with E-state index in [4.69, 9.17) is 4.74 Å². The molecule has 0 amide bonds. The van der Waals surface area contributed by atoms with Gasteiger partial charge in [0.2, 0.25) is 0 Å². The lowest BCUT2D eigenvalue weighted by molar-refractivity contribution is -0.385. The van der Waals surface area contributed by atoms with Gasteiger partial charge in [0.25, 0.3) is 0 Å². The summed E-state index contributed by atoms with van der Waals surface area (Å²) >= 11 is 0. The van der Waals surface area contributed by atoms with Gasteiger partial charge in [0.1, 0.15) is 5.69 Å². The van der Waals surface area contributed by atoms with E-state index in [1.807, 2.05) is 6.92 Å². The first kappa shape index (κ1) is 16.3. The summed E-state index contributed by atoms with van der Waals surface area (Å²) in [7, 11) is 0. The summed E-state index contributed by atoms with van der Waals surface area (Å²) in [5.41, 5.74) is 0.569. The molecule has 0 saturated heterocycles. The van der Waals surface area contributed by atoms with Crippen LogP contribution in [0.4, 0.5) is 11.4 Å². The predicted octanol–water partition coefficient (Wildman–Crippen LogP) is 4.38. The fraction of sp³-hybridized carbons (Fsp3) is 0.600. The summed E-state index contributed by atoms with van der Waals surface area (Å²) in [5, 5.41) is 14.3. The van der Waals surface area contributed by atoms with E-state index >= 15 is 0 Å². The third kappa shape index (κ3) is 5.07. The zero-order valence-corrected chi connectivity index (χ0v) is 12.4. The lowest BCUT2D eigenvalue weighted by Crippen LogP contribution is -2.06. The molecular formula is C15H24N2O3. The van der Waals surface area contributed by atoms with Gasteiger partial charge >= 0.3 is 5.69 Å². The van der Waals surface area contributed by atoms with Gasteiger partial charge in [0.15, 0.2) is 5.75 Å². The standard InChI is InChI=1S/C15H24N2O3/c1-3-5-6-7-12-20-14-10-8-9-13(16-11-4-2)15(14)17(18)19/h8-10,16H,3-7,11-12H2,1-2H3. The molecule has 0 bridgehead atoms. The molecule has 1 N–H and O–H groups in total. The van der Waals surface area contributed by atoms with E-state index in [0.29, 0.717) is 24.6 Å². The number of nitro groups is 1. The summed E-state index contributed by atoms with van der Waals surface area (Å²) in [4.78, 5) is 10.9. The summed E-state index contributed by atoms with van der Waals surface area (Å²) < 4.78 is 5.58. The number of unbranched alkanes of at least 4 members (excludes halogenated alkanes) is 3. The SMILES string of the molecule is CCCCCCOc1cccc(NCCC)c1[N+](=O)[O-]. The number of para-hydroxylation sites is 1. The van der Waals surface area contributed by atoms with Crippen LogP contribution < -0.4 is 10.1 Å². The maximum absolute atomic E-state index is 11.2. The highest BCUT2D eigenvalue weighted by molar-refractivity contribution is 5.68. The zero-order chi connectivity index (χ0) is 14.8. The lowest BCUT2D eigenvalue weighted by Gasteiger charge is -2.10. The monoisotopic (exact) mass is 280 g/mol. The van der Waals surface area contributed by atoms with Crippen LogP contribution in [0.1, 0.15) is 46.0 Å². The highest BCUT2D eigenvalue weighted by atomic mass is 16.6. The highest BCUT2D eigenvalue weighted by Crippen LogP contribution is 2.34. The molecule has 0 heterocycles. The third-order valence-corrected chi connectivity index (χ3v) is 3.00. The second kappa shape index (κ2) is 9.18. The largest absolute Gasteiger partial charge is 0.487 e. The Kier molecular flexibility index (Phi) is 7.47. The van der Waals surface area contributed by atoms with Crippen molar-refractivity contribution in [2.75, 3.05) is 18.5 Å². The van der Waals surface area contributed by atoms with Gasteiger partial charge in [-0.1, -0.05) is 39.2 Å². The van der Waals surface area contributed by atoms with Crippen molar-refractivity contribution < 1.29 is 9.66 Å². The molecule has 0 radical (unpaired) electrons. The Morgan fingerprint density at radius 1 is 1.20 bits per heavy atom. The van der Waals surface area contributed by atoms with Crippen molar-refractivity contribution in [2.24, 2.45) is 0 Å². The second-order valence-electron chi connectivity index (χ2n) is 4.75. The van der Waals surface area contributed by atoms with E-state index in [0.717, 1.165) is 25.7 Å². The first-order chi connectivity index (χ1) is 9.70. The minimum absolute atomic E-state index is 0.0384. The molecule has 0 aliphatic heterocycles. The molecule has 0 aliphatic carbocycles. The molecule has 0 fully saturated rings. The maximum atomic E-state index is 11.2. The number of hydrogen-bond acceptors (Lipinski definition) is 4. The van der Waals surface area contributed by atoms with Crippen LogP contribution in [0.5, 0.6) is 5.75 Å². The molecule has 20 heavy (non-hydrogen) atoms. The van der Waals surface area contributed by atoms with E-state index in [1.54, 1.807) is 18.2 Å². The lowest BCUT2D eigenvalue weighted by atomic mass is 10.2. The van der Waals surface area contributed by atoms with Gasteiger partial charge in [-0.15, -0.1) is 0 Å². The average Bonchev–Trinajstić information content (AvgIpc) is 2.44. The summed E-state index contributed by atoms with van der Waals surface area (Å²) in [6, 6.07) is 5.17. The first-order valence-electron chi connectivity index (χ1n) is 7.34. The van der Waals surface area contributed by atoms with Crippen molar-refractivity contribution in [1.29, 1.82) is 0 Å².